The van der Waals surface area contributed by atoms with Crippen LogP contribution in [0.1, 0.15) is 36.2 Å². The van der Waals surface area contributed by atoms with Crippen molar-refractivity contribution in [1.82, 2.24) is 0 Å². The highest BCUT2D eigenvalue weighted by atomic mass is 16.5. The highest BCUT2D eigenvalue weighted by Gasteiger charge is 2.36. The van der Waals surface area contributed by atoms with Gasteiger partial charge in [-0.25, -0.2) is 4.79 Å². The summed E-state index contributed by atoms with van der Waals surface area (Å²) in [7, 11) is 1.53. The molecule has 0 saturated heterocycles. The zero-order valence-electron chi connectivity index (χ0n) is 12.4. The molecule has 0 aliphatic carbocycles. The van der Waals surface area contributed by atoms with Gasteiger partial charge in [0, 0.05) is 12.1 Å². The molecule has 5 nitrogen and oxygen atoms in total. The highest BCUT2D eigenvalue weighted by Crippen LogP contribution is 2.42. The van der Waals surface area contributed by atoms with Gasteiger partial charge in [0.1, 0.15) is 22.7 Å². The first kappa shape index (κ1) is 13.7. The molecular weight excluding hydrogens is 272 g/mol. The number of ketones is 1. The third-order valence-electron chi connectivity index (χ3n) is 3.61. The molecule has 3 rings (SSSR count). The third kappa shape index (κ3) is 2.09. The number of rotatable bonds is 1. The zero-order valence-corrected chi connectivity index (χ0v) is 12.4. The number of carbonyl (C=O) groups is 1. The van der Waals surface area contributed by atoms with Gasteiger partial charge in [0.2, 0.25) is 0 Å². The molecule has 0 unspecified atom stereocenters. The van der Waals surface area contributed by atoms with Crippen LogP contribution in [0, 0.1) is 6.92 Å². The van der Waals surface area contributed by atoms with Crippen LogP contribution in [0.2, 0.25) is 0 Å². The largest absolute Gasteiger partial charge is 0.496 e. The molecule has 2 heterocycles. The molecule has 0 bridgehead atoms. The van der Waals surface area contributed by atoms with Crippen LogP contribution < -0.4 is 15.1 Å². The fourth-order valence-electron chi connectivity index (χ4n) is 2.78. The number of fused-ring (bicyclic) bond motifs is 3. The minimum absolute atomic E-state index is 0.0948. The van der Waals surface area contributed by atoms with E-state index in [1.54, 1.807) is 13.0 Å². The van der Waals surface area contributed by atoms with Gasteiger partial charge in [-0.15, -0.1) is 0 Å². The minimum Gasteiger partial charge on any atom is -0.496 e. The van der Waals surface area contributed by atoms with Crippen LogP contribution in [0.5, 0.6) is 11.5 Å². The van der Waals surface area contributed by atoms with Gasteiger partial charge in [0.15, 0.2) is 11.4 Å². The lowest BCUT2D eigenvalue weighted by Gasteiger charge is -2.32. The average Bonchev–Trinajstić information content (AvgIpc) is 2.34. The van der Waals surface area contributed by atoms with Crippen LogP contribution in [0.15, 0.2) is 21.3 Å². The second kappa shape index (κ2) is 4.35. The molecule has 110 valence electrons. The van der Waals surface area contributed by atoms with E-state index in [1.165, 1.54) is 13.2 Å². The van der Waals surface area contributed by atoms with E-state index in [1.807, 2.05) is 13.8 Å². The molecule has 0 fully saturated rings. The van der Waals surface area contributed by atoms with E-state index >= 15 is 0 Å². The van der Waals surface area contributed by atoms with E-state index in [4.69, 9.17) is 13.9 Å². The number of benzene rings is 1. The molecule has 1 aromatic carbocycles. The summed E-state index contributed by atoms with van der Waals surface area (Å²) in [6, 6.07) is 3.07. The van der Waals surface area contributed by atoms with Crippen molar-refractivity contribution in [3.63, 3.8) is 0 Å². The Morgan fingerprint density at radius 2 is 1.95 bits per heavy atom. The van der Waals surface area contributed by atoms with Crippen molar-refractivity contribution < 1.29 is 18.7 Å². The van der Waals surface area contributed by atoms with E-state index in [-0.39, 0.29) is 17.8 Å². The number of carbonyl (C=O) groups excluding carboxylic acids is 1. The molecule has 1 aromatic heterocycles. The third-order valence-corrected chi connectivity index (χ3v) is 3.61. The topological polar surface area (TPSA) is 65.7 Å². The molecule has 0 atom stereocenters. The molecule has 21 heavy (non-hydrogen) atoms. The first-order valence-electron chi connectivity index (χ1n) is 6.70. The Labute approximate surface area is 121 Å². The Morgan fingerprint density at radius 3 is 2.62 bits per heavy atom. The van der Waals surface area contributed by atoms with Crippen LogP contribution in [0.3, 0.4) is 0 Å². The number of methoxy groups -OCH3 is 1. The summed E-state index contributed by atoms with van der Waals surface area (Å²) in [6.45, 7) is 5.47. The summed E-state index contributed by atoms with van der Waals surface area (Å²) in [4.78, 5) is 24.1. The lowest BCUT2D eigenvalue weighted by Crippen LogP contribution is -2.36. The van der Waals surface area contributed by atoms with Gasteiger partial charge in [-0.05, 0) is 26.3 Å². The molecular formula is C16H16O5. The molecule has 0 amide bonds. The second-order valence-electron chi connectivity index (χ2n) is 5.87. The number of ether oxygens (including phenoxy) is 2. The zero-order chi connectivity index (χ0) is 15.4. The number of aryl methyl sites for hydroxylation is 1. The maximum atomic E-state index is 12.5. The van der Waals surface area contributed by atoms with Gasteiger partial charge in [-0.2, -0.15) is 0 Å². The fourth-order valence-corrected chi connectivity index (χ4v) is 2.78. The first-order valence-corrected chi connectivity index (χ1v) is 6.70. The van der Waals surface area contributed by atoms with Crippen molar-refractivity contribution in [3.05, 3.63) is 33.7 Å². The number of hydrogen-bond donors (Lipinski definition) is 0. The summed E-state index contributed by atoms with van der Waals surface area (Å²) < 4.78 is 16.5. The molecule has 5 heteroatoms. The van der Waals surface area contributed by atoms with E-state index in [2.05, 4.69) is 0 Å². The van der Waals surface area contributed by atoms with Crippen molar-refractivity contribution in [2.75, 3.05) is 7.11 Å². The van der Waals surface area contributed by atoms with Gasteiger partial charge in [0.25, 0.3) is 0 Å². The van der Waals surface area contributed by atoms with Crippen LogP contribution >= 0.6 is 0 Å². The molecule has 0 saturated carbocycles. The Bertz CT molecular complexity index is 814. The fraction of sp³-hybridized carbons (Fsp3) is 0.375. The van der Waals surface area contributed by atoms with Crippen LogP contribution in [-0.2, 0) is 0 Å². The molecule has 1 aliphatic heterocycles. The lowest BCUT2D eigenvalue weighted by atomic mass is 9.91. The molecule has 0 radical (unpaired) electrons. The highest BCUT2D eigenvalue weighted by molar-refractivity contribution is 6.11. The SMILES string of the molecule is COc1cc2c(c3oc(=O)cc(C)c13)C(=O)CC(C)(C)O2. The van der Waals surface area contributed by atoms with Crippen LogP contribution in [0.4, 0.5) is 0 Å². The monoisotopic (exact) mass is 288 g/mol. The summed E-state index contributed by atoms with van der Waals surface area (Å²) in [6.07, 6.45) is 0.235. The van der Waals surface area contributed by atoms with Crippen molar-refractivity contribution >= 4 is 16.8 Å². The molecule has 2 aromatic rings. The van der Waals surface area contributed by atoms with E-state index in [0.29, 0.717) is 28.0 Å². The van der Waals surface area contributed by atoms with Crippen molar-refractivity contribution in [3.8, 4) is 11.5 Å². The summed E-state index contributed by atoms with van der Waals surface area (Å²) in [5.74, 6) is 0.826. The molecule has 0 N–H and O–H groups in total. The van der Waals surface area contributed by atoms with E-state index < -0.39 is 11.2 Å². The van der Waals surface area contributed by atoms with E-state index in [9.17, 15) is 9.59 Å². The summed E-state index contributed by atoms with van der Waals surface area (Å²) in [5, 5.41) is 0.632. The van der Waals surface area contributed by atoms with Gasteiger partial charge in [0.05, 0.1) is 18.9 Å². The van der Waals surface area contributed by atoms with Gasteiger partial charge in [-0.1, -0.05) is 0 Å². The van der Waals surface area contributed by atoms with E-state index in [0.717, 1.165) is 0 Å². The second-order valence-corrected chi connectivity index (χ2v) is 5.87. The lowest BCUT2D eigenvalue weighted by molar-refractivity contribution is 0.0620. The van der Waals surface area contributed by atoms with Crippen molar-refractivity contribution in [1.29, 1.82) is 0 Å². The van der Waals surface area contributed by atoms with Crippen LogP contribution in [0.25, 0.3) is 11.0 Å². The predicted octanol–water partition coefficient (Wildman–Crippen LogP) is 2.85. The Balaban J connectivity index is 2.46. The summed E-state index contributed by atoms with van der Waals surface area (Å²) in [5.41, 5.74) is 0.194. The number of hydrogen-bond acceptors (Lipinski definition) is 5. The predicted molar refractivity (Wildman–Crippen MR) is 77.4 cm³/mol. The normalized spacial score (nSPS) is 16.5. The van der Waals surface area contributed by atoms with Crippen molar-refractivity contribution in [2.45, 2.75) is 32.8 Å². The molecule has 1 aliphatic rings. The Hall–Kier alpha value is -2.30. The maximum Gasteiger partial charge on any atom is 0.336 e. The van der Waals surface area contributed by atoms with Crippen LogP contribution in [-0.4, -0.2) is 18.5 Å². The average molecular weight is 288 g/mol. The first-order chi connectivity index (χ1) is 9.82. The van der Waals surface area contributed by atoms with Gasteiger partial charge in [-0.3, -0.25) is 4.79 Å². The molecule has 0 spiro atoms. The smallest absolute Gasteiger partial charge is 0.336 e. The minimum atomic E-state index is -0.590. The van der Waals surface area contributed by atoms with Gasteiger partial charge < -0.3 is 13.9 Å². The van der Waals surface area contributed by atoms with Crippen molar-refractivity contribution in [2.24, 2.45) is 0 Å². The Kier molecular flexibility index (Phi) is 2.83. The quantitative estimate of drug-likeness (QED) is 0.755. The standard InChI is InChI=1S/C16H16O5/c1-8-5-12(18)20-15-13(8)10(19-4)6-11-14(15)9(17)7-16(2,3)21-11/h5-6H,7H2,1-4H3. The Morgan fingerprint density at radius 1 is 1.24 bits per heavy atom. The number of Topliss-reactive ketones (excluding diaryl/α,β-unsaturated/α-hetero) is 1. The summed E-state index contributed by atoms with van der Waals surface area (Å²) >= 11 is 0. The van der Waals surface area contributed by atoms with Gasteiger partial charge >= 0.3 is 5.63 Å². The maximum absolute atomic E-state index is 12.5.